The van der Waals surface area contributed by atoms with E-state index in [1.165, 1.54) is 12.8 Å². The molecule has 2 atom stereocenters. The molecule has 0 radical (unpaired) electrons. The molecule has 2 aromatic rings. The van der Waals surface area contributed by atoms with E-state index in [1.807, 2.05) is 10.7 Å². The second kappa shape index (κ2) is 5.22. The van der Waals surface area contributed by atoms with Gasteiger partial charge in [-0.3, -0.25) is 0 Å². The van der Waals surface area contributed by atoms with Gasteiger partial charge >= 0.3 is 0 Å². The molecule has 0 saturated carbocycles. The monoisotopic (exact) mass is 286 g/mol. The molecule has 2 heterocycles. The lowest BCUT2D eigenvalue weighted by Gasteiger charge is -2.20. The van der Waals surface area contributed by atoms with E-state index in [4.69, 9.17) is 0 Å². The zero-order valence-corrected chi connectivity index (χ0v) is 11.9. The first kappa shape index (κ1) is 13.0. The lowest BCUT2D eigenvalue weighted by Crippen LogP contribution is -2.28. The first-order chi connectivity index (χ1) is 10.3. The third-order valence-corrected chi connectivity index (χ3v) is 4.74. The van der Waals surface area contributed by atoms with E-state index in [1.54, 1.807) is 12.1 Å². The number of halogens is 1. The van der Waals surface area contributed by atoms with Gasteiger partial charge in [0, 0.05) is 18.7 Å². The van der Waals surface area contributed by atoms with Crippen LogP contribution in [0, 0.1) is 5.82 Å². The number of rotatable bonds is 2. The summed E-state index contributed by atoms with van der Waals surface area (Å²) in [6, 6.07) is 5.48. The van der Waals surface area contributed by atoms with Crippen molar-refractivity contribution in [2.24, 2.45) is 0 Å². The maximum atomic E-state index is 13.8. The summed E-state index contributed by atoms with van der Waals surface area (Å²) < 4.78 is 15.7. The molecule has 1 aromatic carbocycles. The average Bonchev–Trinajstić information content (AvgIpc) is 3.15. The van der Waals surface area contributed by atoms with Crippen molar-refractivity contribution in [3.63, 3.8) is 0 Å². The van der Waals surface area contributed by atoms with Crippen molar-refractivity contribution >= 4 is 0 Å². The predicted octanol–water partition coefficient (Wildman–Crippen LogP) is 2.42. The van der Waals surface area contributed by atoms with Gasteiger partial charge in [-0.05, 0) is 49.4 Å². The lowest BCUT2D eigenvalue weighted by molar-refractivity contribution is 0.454. The largest absolute Gasteiger partial charge is 0.316 e. The number of piperidine rings is 1. The molecular formula is C16H19FN4. The summed E-state index contributed by atoms with van der Waals surface area (Å²) in [5.41, 5.74) is 2.97. The number of hydrogen-bond donors (Lipinski definition) is 1. The number of hydrogen-bond acceptors (Lipinski definition) is 3. The summed E-state index contributed by atoms with van der Waals surface area (Å²) >= 11 is 0. The highest BCUT2D eigenvalue weighted by atomic mass is 19.1. The molecule has 1 aromatic heterocycles. The van der Waals surface area contributed by atoms with Gasteiger partial charge in [-0.1, -0.05) is 17.3 Å². The smallest absolute Gasteiger partial charge is 0.126 e. The average molecular weight is 286 g/mol. The van der Waals surface area contributed by atoms with Crippen LogP contribution in [0.1, 0.15) is 48.0 Å². The Morgan fingerprint density at radius 2 is 2.24 bits per heavy atom. The van der Waals surface area contributed by atoms with Crippen LogP contribution in [0.2, 0.25) is 0 Å². The molecule has 4 rings (SSSR count). The Bertz CT molecular complexity index is 645. The van der Waals surface area contributed by atoms with Gasteiger partial charge in [0.25, 0.3) is 0 Å². The topological polar surface area (TPSA) is 42.7 Å². The Morgan fingerprint density at radius 3 is 3.10 bits per heavy atom. The van der Waals surface area contributed by atoms with Gasteiger partial charge in [-0.15, -0.1) is 5.10 Å². The number of benzene rings is 1. The molecule has 4 nitrogen and oxygen atoms in total. The Balaban J connectivity index is 1.61. The van der Waals surface area contributed by atoms with Gasteiger partial charge in [0.2, 0.25) is 0 Å². The quantitative estimate of drug-likeness (QED) is 0.922. The molecule has 1 fully saturated rings. The third-order valence-electron chi connectivity index (χ3n) is 4.74. The Labute approximate surface area is 123 Å². The van der Waals surface area contributed by atoms with Gasteiger partial charge in [-0.25, -0.2) is 9.07 Å². The molecule has 0 amide bonds. The first-order valence-corrected chi connectivity index (χ1v) is 7.72. The van der Waals surface area contributed by atoms with Crippen molar-refractivity contribution in [2.45, 2.75) is 37.6 Å². The summed E-state index contributed by atoms with van der Waals surface area (Å²) in [6.07, 6.45) is 6.10. The molecule has 1 aliphatic carbocycles. The fourth-order valence-corrected chi connectivity index (χ4v) is 3.60. The molecule has 5 heteroatoms. The van der Waals surface area contributed by atoms with Crippen LogP contribution >= 0.6 is 0 Å². The molecule has 0 spiro atoms. The predicted molar refractivity (Wildman–Crippen MR) is 77.7 cm³/mol. The highest BCUT2D eigenvalue weighted by Gasteiger charge is 2.28. The number of nitrogens with zero attached hydrogens (tertiary/aromatic N) is 3. The molecule has 21 heavy (non-hydrogen) atoms. The minimum absolute atomic E-state index is 0.0909. The van der Waals surface area contributed by atoms with Crippen molar-refractivity contribution in [3.05, 3.63) is 47.0 Å². The zero-order chi connectivity index (χ0) is 14.2. The van der Waals surface area contributed by atoms with Crippen molar-refractivity contribution in [3.8, 4) is 0 Å². The van der Waals surface area contributed by atoms with Crippen LogP contribution in [0.4, 0.5) is 4.39 Å². The van der Waals surface area contributed by atoms with E-state index in [-0.39, 0.29) is 11.9 Å². The maximum Gasteiger partial charge on any atom is 0.126 e. The Morgan fingerprint density at radius 1 is 1.29 bits per heavy atom. The summed E-state index contributed by atoms with van der Waals surface area (Å²) in [5.74, 6) is 0.368. The van der Waals surface area contributed by atoms with Crippen LogP contribution in [0.3, 0.4) is 0 Å². The maximum absolute atomic E-state index is 13.8. The van der Waals surface area contributed by atoms with Crippen LogP contribution in [0.15, 0.2) is 24.4 Å². The third kappa shape index (κ3) is 2.25. The molecular weight excluding hydrogens is 267 g/mol. The van der Waals surface area contributed by atoms with Gasteiger partial charge in [0.05, 0.1) is 11.7 Å². The lowest BCUT2D eigenvalue weighted by atomic mass is 9.97. The molecule has 1 saturated heterocycles. The van der Waals surface area contributed by atoms with E-state index >= 15 is 0 Å². The molecule has 1 unspecified atom stereocenters. The van der Waals surface area contributed by atoms with Crippen LogP contribution in [-0.4, -0.2) is 28.1 Å². The molecule has 2 aliphatic rings. The zero-order valence-electron chi connectivity index (χ0n) is 11.9. The highest BCUT2D eigenvalue weighted by Crippen LogP contribution is 2.35. The van der Waals surface area contributed by atoms with Crippen molar-refractivity contribution in [1.29, 1.82) is 0 Å². The normalized spacial score (nSPS) is 25.0. The standard InChI is InChI=1S/C16H19FN4/c17-14-5-1-4-13-12(14)6-7-16(13)21-10-15(19-20-21)11-3-2-8-18-9-11/h1,4-5,10-11,16,18H,2-3,6-9H2/t11?,16-/m0/s1. The van der Waals surface area contributed by atoms with Crippen molar-refractivity contribution in [1.82, 2.24) is 20.3 Å². The Kier molecular flexibility index (Phi) is 3.22. The summed E-state index contributed by atoms with van der Waals surface area (Å²) in [6.45, 7) is 2.08. The SMILES string of the molecule is Fc1cccc2c1CC[C@@H]2n1cc(C2CCCNC2)nn1. The van der Waals surface area contributed by atoms with Crippen LogP contribution in [0.5, 0.6) is 0 Å². The summed E-state index contributed by atoms with van der Waals surface area (Å²) in [7, 11) is 0. The van der Waals surface area contributed by atoms with Crippen molar-refractivity contribution in [2.75, 3.05) is 13.1 Å². The number of fused-ring (bicyclic) bond motifs is 1. The second-order valence-electron chi connectivity index (χ2n) is 6.03. The Hall–Kier alpha value is -1.75. The second-order valence-corrected chi connectivity index (χ2v) is 6.03. The van der Waals surface area contributed by atoms with Crippen LogP contribution in [-0.2, 0) is 6.42 Å². The minimum Gasteiger partial charge on any atom is -0.316 e. The van der Waals surface area contributed by atoms with Gasteiger partial charge in [-0.2, -0.15) is 0 Å². The van der Waals surface area contributed by atoms with Crippen LogP contribution in [0.25, 0.3) is 0 Å². The van der Waals surface area contributed by atoms with Crippen molar-refractivity contribution < 1.29 is 4.39 Å². The van der Waals surface area contributed by atoms with E-state index < -0.39 is 0 Å². The van der Waals surface area contributed by atoms with E-state index in [0.29, 0.717) is 5.92 Å². The highest BCUT2D eigenvalue weighted by molar-refractivity contribution is 5.36. The van der Waals surface area contributed by atoms with E-state index in [0.717, 1.165) is 42.8 Å². The number of aromatic nitrogens is 3. The van der Waals surface area contributed by atoms with E-state index in [2.05, 4.69) is 21.8 Å². The summed E-state index contributed by atoms with van der Waals surface area (Å²) in [4.78, 5) is 0. The fraction of sp³-hybridized carbons (Fsp3) is 0.500. The van der Waals surface area contributed by atoms with Gasteiger partial charge < -0.3 is 5.32 Å². The van der Waals surface area contributed by atoms with Crippen LogP contribution < -0.4 is 5.32 Å². The summed E-state index contributed by atoms with van der Waals surface area (Å²) in [5, 5.41) is 12.1. The van der Waals surface area contributed by atoms with E-state index in [9.17, 15) is 4.39 Å². The van der Waals surface area contributed by atoms with Gasteiger partial charge in [0.1, 0.15) is 5.82 Å². The number of nitrogens with one attached hydrogen (secondary N) is 1. The fourth-order valence-electron chi connectivity index (χ4n) is 3.60. The van der Waals surface area contributed by atoms with Gasteiger partial charge in [0.15, 0.2) is 0 Å². The molecule has 0 bridgehead atoms. The minimum atomic E-state index is -0.0909. The first-order valence-electron chi connectivity index (χ1n) is 7.72. The molecule has 1 N–H and O–H groups in total. The molecule has 110 valence electrons. The molecule has 1 aliphatic heterocycles.